The minimum Gasteiger partial charge on any atom is -0.494 e. The molecule has 1 aromatic heterocycles. The van der Waals surface area contributed by atoms with Gasteiger partial charge in [0.05, 0.1) is 24.4 Å². The van der Waals surface area contributed by atoms with Crippen LogP contribution in [-0.4, -0.2) is 52.8 Å². The summed E-state index contributed by atoms with van der Waals surface area (Å²) < 4.78 is 24.9. The van der Waals surface area contributed by atoms with E-state index in [4.69, 9.17) is 9.47 Å². The smallest absolute Gasteiger partial charge is 0.417 e. The zero-order valence-electron chi connectivity index (χ0n) is 19.5. The summed E-state index contributed by atoms with van der Waals surface area (Å²) in [4.78, 5) is 38.0. The van der Waals surface area contributed by atoms with Crippen LogP contribution in [0, 0.1) is 12.7 Å². The number of hydrogen-bond acceptors (Lipinski definition) is 8. The third-order valence-corrected chi connectivity index (χ3v) is 6.17. The van der Waals surface area contributed by atoms with E-state index in [2.05, 4.69) is 25.6 Å². The summed E-state index contributed by atoms with van der Waals surface area (Å²) in [5.41, 5.74) is 1.03. The lowest BCUT2D eigenvalue weighted by Crippen LogP contribution is -2.35. The molecule has 11 heteroatoms. The van der Waals surface area contributed by atoms with Gasteiger partial charge in [-0.25, -0.2) is 14.1 Å². The fourth-order valence-electron chi connectivity index (χ4n) is 4.02. The summed E-state index contributed by atoms with van der Waals surface area (Å²) in [6.45, 7) is 5.92. The number of halogens is 1. The molecule has 2 aliphatic rings. The van der Waals surface area contributed by atoms with Crippen LogP contribution >= 0.6 is 0 Å². The molecule has 1 aromatic carbocycles. The van der Waals surface area contributed by atoms with Crippen molar-refractivity contribution < 1.29 is 23.5 Å². The molecule has 2 aromatic rings. The van der Waals surface area contributed by atoms with E-state index in [0.29, 0.717) is 36.8 Å². The van der Waals surface area contributed by atoms with Gasteiger partial charge in [0.25, 0.3) is 0 Å². The Hall–Kier alpha value is -3.76. The minimum absolute atomic E-state index is 0.0393. The molecule has 2 amide bonds. The molecule has 0 spiro atoms. The predicted molar refractivity (Wildman–Crippen MR) is 124 cm³/mol. The van der Waals surface area contributed by atoms with Crippen LogP contribution in [0.15, 0.2) is 17.7 Å². The van der Waals surface area contributed by atoms with E-state index in [-0.39, 0.29) is 23.4 Å². The van der Waals surface area contributed by atoms with E-state index in [0.717, 1.165) is 18.4 Å². The highest BCUT2D eigenvalue weighted by molar-refractivity contribution is 5.88. The number of ether oxygens (including phenoxy) is 2. The normalized spacial score (nSPS) is 19.0. The second-order valence-corrected chi connectivity index (χ2v) is 8.36. The van der Waals surface area contributed by atoms with Crippen molar-refractivity contribution >= 4 is 36.2 Å². The number of cyclic esters (lactones) is 1. The maximum absolute atomic E-state index is 14.7. The molecule has 1 aliphatic carbocycles. The Balaban J connectivity index is 1.63. The highest BCUT2D eigenvalue weighted by atomic mass is 19.1. The fraction of sp³-hybridized carbons (Fsp3) is 0.435. The Labute approximate surface area is 196 Å². The molecule has 1 saturated carbocycles. The number of nitrogens with zero attached hydrogens (tertiary/aromatic N) is 4. The molecule has 0 unspecified atom stereocenters. The van der Waals surface area contributed by atoms with Gasteiger partial charge in [-0.3, -0.25) is 4.79 Å². The Kier molecular flexibility index (Phi) is 6.36. The Morgan fingerprint density at radius 2 is 2.12 bits per heavy atom. The topological polar surface area (TPSA) is 119 Å². The lowest BCUT2D eigenvalue weighted by molar-refractivity contribution is -0.105. The van der Waals surface area contributed by atoms with Gasteiger partial charge in [0.15, 0.2) is 11.6 Å². The molecular weight excluding hydrogens is 443 g/mol. The summed E-state index contributed by atoms with van der Waals surface area (Å²) in [5, 5.41) is 5.80. The van der Waals surface area contributed by atoms with Crippen LogP contribution in [0.1, 0.15) is 44.5 Å². The molecule has 0 radical (unpaired) electrons. The number of methoxy groups -OCH3 is 1. The summed E-state index contributed by atoms with van der Waals surface area (Å²) in [7, 11) is 1.36. The van der Waals surface area contributed by atoms with Crippen LogP contribution in [0.5, 0.6) is 5.75 Å². The summed E-state index contributed by atoms with van der Waals surface area (Å²) in [6.07, 6.45) is 4.10. The molecule has 2 heterocycles. The van der Waals surface area contributed by atoms with Gasteiger partial charge < -0.3 is 20.1 Å². The number of benzene rings is 1. The van der Waals surface area contributed by atoms with E-state index in [1.54, 1.807) is 13.0 Å². The first-order valence-corrected chi connectivity index (χ1v) is 11.0. The van der Waals surface area contributed by atoms with E-state index in [9.17, 15) is 14.0 Å². The average Bonchev–Trinajstić information content (AvgIpc) is 3.49. The van der Waals surface area contributed by atoms with Crippen LogP contribution < -0.4 is 20.3 Å². The van der Waals surface area contributed by atoms with Crippen molar-refractivity contribution in [1.82, 2.24) is 15.0 Å². The van der Waals surface area contributed by atoms with Gasteiger partial charge in [0, 0.05) is 5.56 Å². The van der Waals surface area contributed by atoms with Crippen LogP contribution in [0.3, 0.4) is 0 Å². The molecule has 2 fully saturated rings. The number of aromatic nitrogens is 3. The number of nitrogens with one attached hydrogen (secondary N) is 2. The highest BCUT2D eigenvalue weighted by Gasteiger charge is 2.45. The second-order valence-electron chi connectivity index (χ2n) is 8.36. The Bertz CT molecular complexity index is 1150. The van der Waals surface area contributed by atoms with Crippen molar-refractivity contribution in [3.8, 4) is 5.75 Å². The molecule has 10 nitrogen and oxygen atoms in total. The molecule has 2 N–H and O–H groups in total. The number of amides is 2. The lowest BCUT2D eigenvalue weighted by Gasteiger charge is -2.22. The number of hydrogen-bond donors (Lipinski definition) is 2. The molecule has 180 valence electrons. The number of rotatable bonds is 9. The van der Waals surface area contributed by atoms with Crippen LogP contribution in [-0.2, 0) is 9.53 Å². The van der Waals surface area contributed by atoms with Gasteiger partial charge in [-0.15, -0.1) is 0 Å². The third-order valence-electron chi connectivity index (χ3n) is 6.17. The van der Waals surface area contributed by atoms with E-state index in [1.807, 2.05) is 19.9 Å². The molecule has 34 heavy (non-hydrogen) atoms. The first-order valence-electron chi connectivity index (χ1n) is 11.0. The van der Waals surface area contributed by atoms with Gasteiger partial charge in [0.2, 0.25) is 18.3 Å². The molecular formula is C23H27FN6O4. The fourth-order valence-corrected chi connectivity index (χ4v) is 4.02. The van der Waals surface area contributed by atoms with Gasteiger partial charge in [-0.05, 0) is 50.8 Å². The van der Waals surface area contributed by atoms with Crippen molar-refractivity contribution in [2.45, 2.75) is 51.6 Å². The first-order chi connectivity index (χ1) is 16.3. The maximum Gasteiger partial charge on any atom is 0.417 e. The number of carbonyl (C=O) groups is 2. The SMILES string of the molecule is CC[C@H]1COC(=O)N1c1nc(C)nc(NC2(/C(C)=C/c3ccc(OC)c(F)c3NC=O)CC2)n1. The third kappa shape index (κ3) is 4.37. The monoisotopic (exact) mass is 470 g/mol. The minimum atomic E-state index is -0.644. The van der Waals surface area contributed by atoms with Crippen LogP contribution in [0.4, 0.5) is 26.8 Å². The van der Waals surface area contributed by atoms with Crippen molar-refractivity contribution in [3.05, 3.63) is 34.9 Å². The van der Waals surface area contributed by atoms with Crippen molar-refractivity contribution in [2.24, 2.45) is 0 Å². The number of aryl methyl sites for hydroxylation is 1. The average molecular weight is 471 g/mol. The molecule has 0 bridgehead atoms. The van der Waals surface area contributed by atoms with Gasteiger partial charge in [0.1, 0.15) is 12.4 Å². The summed E-state index contributed by atoms with van der Waals surface area (Å²) in [6, 6.07) is 3.06. The molecule has 1 aliphatic heterocycles. The number of carbonyl (C=O) groups excluding carboxylic acids is 2. The van der Waals surface area contributed by atoms with E-state index < -0.39 is 17.4 Å². The molecule has 4 rings (SSSR count). The summed E-state index contributed by atoms with van der Waals surface area (Å²) in [5.74, 6) is 0.451. The van der Waals surface area contributed by atoms with E-state index >= 15 is 0 Å². The second kappa shape index (κ2) is 9.24. The van der Waals surface area contributed by atoms with Crippen molar-refractivity contribution in [1.29, 1.82) is 0 Å². The largest absolute Gasteiger partial charge is 0.494 e. The van der Waals surface area contributed by atoms with E-state index in [1.165, 1.54) is 18.1 Å². The maximum atomic E-state index is 14.7. The van der Waals surface area contributed by atoms with Crippen LogP contribution in [0.2, 0.25) is 0 Å². The Morgan fingerprint density at radius 3 is 2.76 bits per heavy atom. The first kappa shape index (κ1) is 23.4. The molecule has 1 saturated heterocycles. The van der Waals surface area contributed by atoms with Gasteiger partial charge in [-0.1, -0.05) is 13.0 Å². The number of anilines is 3. The Morgan fingerprint density at radius 1 is 1.35 bits per heavy atom. The van der Waals surface area contributed by atoms with Crippen molar-refractivity contribution in [2.75, 3.05) is 29.3 Å². The lowest BCUT2D eigenvalue weighted by atomic mass is 10.0. The predicted octanol–water partition coefficient (Wildman–Crippen LogP) is 3.68. The molecule has 1 atom stereocenters. The van der Waals surface area contributed by atoms with Gasteiger partial charge >= 0.3 is 6.09 Å². The summed E-state index contributed by atoms with van der Waals surface area (Å²) >= 11 is 0. The quantitative estimate of drug-likeness (QED) is 0.533. The van der Waals surface area contributed by atoms with Crippen molar-refractivity contribution in [3.63, 3.8) is 0 Å². The zero-order chi connectivity index (χ0) is 24.5. The van der Waals surface area contributed by atoms with Crippen LogP contribution in [0.25, 0.3) is 6.08 Å². The standard InChI is InChI=1S/C23H27FN6O4/c1-5-16-11-34-22(32)30(16)21-27-14(3)26-20(28-21)29-23(8-9-23)13(2)10-15-6-7-17(33-4)18(24)19(15)25-12-31/h6-7,10,12,16H,5,8-9,11H2,1-4H3,(H,25,31)(H,26,27,28,29)/b13-10+/t16-/m0/s1. The van der Waals surface area contributed by atoms with Gasteiger partial charge in [-0.2, -0.15) is 15.0 Å². The highest BCUT2D eigenvalue weighted by Crippen LogP contribution is 2.46. The zero-order valence-corrected chi connectivity index (χ0v) is 19.5.